The van der Waals surface area contributed by atoms with Crippen LogP contribution in [0.25, 0.3) is 11.1 Å². The van der Waals surface area contributed by atoms with Gasteiger partial charge in [0.15, 0.2) is 0 Å². The van der Waals surface area contributed by atoms with Gasteiger partial charge in [-0.1, -0.05) is 12.1 Å². The molecule has 0 aliphatic carbocycles. The third kappa shape index (κ3) is 1.77. The zero-order valence-corrected chi connectivity index (χ0v) is 8.83. The second-order valence-electron chi connectivity index (χ2n) is 3.68. The summed E-state index contributed by atoms with van der Waals surface area (Å²) >= 11 is 0. The van der Waals surface area contributed by atoms with Crippen LogP contribution in [0.4, 0.5) is 0 Å². The molecule has 0 radical (unpaired) electrons. The lowest BCUT2D eigenvalue weighted by molar-refractivity contribution is 1.19. The van der Waals surface area contributed by atoms with Crippen LogP contribution >= 0.6 is 0 Å². The van der Waals surface area contributed by atoms with Crippen LogP contribution in [0.3, 0.4) is 0 Å². The number of nitrogens with one attached hydrogen (secondary N) is 1. The molecule has 0 fully saturated rings. The molecule has 1 heterocycles. The first-order valence-electron chi connectivity index (χ1n) is 4.87. The largest absolute Gasteiger partial charge is 0.362 e. The first-order valence-corrected chi connectivity index (χ1v) is 4.87. The Balaban J connectivity index is 2.55. The van der Waals surface area contributed by atoms with E-state index in [0.717, 1.165) is 17.0 Å². The molecule has 2 nitrogen and oxygen atoms in total. The molecule has 74 valence electrons. The van der Waals surface area contributed by atoms with E-state index in [-0.39, 0.29) is 0 Å². The van der Waals surface area contributed by atoms with E-state index in [4.69, 9.17) is 5.26 Å². The van der Waals surface area contributed by atoms with Crippen molar-refractivity contribution in [1.82, 2.24) is 4.98 Å². The molecule has 0 atom stereocenters. The van der Waals surface area contributed by atoms with Crippen molar-refractivity contribution in [2.45, 2.75) is 13.8 Å². The average molecular weight is 196 g/mol. The van der Waals surface area contributed by atoms with E-state index < -0.39 is 0 Å². The standard InChI is InChI=1S/C13H12N2/c1-9-6-13(10(2)15-9)12-5-3-4-11(7-12)8-14/h3-7,15H,1-2H3. The van der Waals surface area contributed by atoms with Crippen molar-refractivity contribution in [3.8, 4) is 17.2 Å². The number of hydrogen-bond acceptors (Lipinski definition) is 1. The molecule has 0 aliphatic heterocycles. The van der Waals surface area contributed by atoms with E-state index in [0.29, 0.717) is 5.56 Å². The molecule has 1 N–H and O–H groups in total. The molecule has 1 aromatic heterocycles. The van der Waals surface area contributed by atoms with E-state index >= 15 is 0 Å². The van der Waals surface area contributed by atoms with Gasteiger partial charge >= 0.3 is 0 Å². The molecule has 0 unspecified atom stereocenters. The van der Waals surface area contributed by atoms with Crippen molar-refractivity contribution in [3.05, 3.63) is 47.3 Å². The summed E-state index contributed by atoms with van der Waals surface area (Å²) in [5, 5.41) is 8.83. The predicted molar refractivity (Wildman–Crippen MR) is 60.4 cm³/mol. The van der Waals surface area contributed by atoms with Crippen LogP contribution in [0.5, 0.6) is 0 Å². The molecule has 0 bridgehead atoms. The summed E-state index contributed by atoms with van der Waals surface area (Å²) in [6, 6.07) is 11.9. The van der Waals surface area contributed by atoms with Crippen LogP contribution < -0.4 is 0 Å². The Morgan fingerprint density at radius 2 is 2.00 bits per heavy atom. The lowest BCUT2D eigenvalue weighted by Gasteiger charge is -1.99. The summed E-state index contributed by atoms with van der Waals surface area (Å²) in [5.41, 5.74) is 5.25. The average Bonchev–Trinajstić information content (AvgIpc) is 2.58. The van der Waals surface area contributed by atoms with E-state index in [9.17, 15) is 0 Å². The Morgan fingerprint density at radius 3 is 2.60 bits per heavy atom. The lowest BCUT2D eigenvalue weighted by Crippen LogP contribution is -1.80. The Kier molecular flexibility index (Phi) is 2.31. The fraction of sp³-hybridized carbons (Fsp3) is 0.154. The summed E-state index contributed by atoms with van der Waals surface area (Å²) in [5.74, 6) is 0. The monoisotopic (exact) mass is 196 g/mol. The topological polar surface area (TPSA) is 39.6 Å². The molecule has 2 aromatic rings. The van der Waals surface area contributed by atoms with Gasteiger partial charge in [0.05, 0.1) is 11.6 Å². The minimum absolute atomic E-state index is 0.700. The Hall–Kier alpha value is -2.01. The third-order valence-corrected chi connectivity index (χ3v) is 2.45. The minimum atomic E-state index is 0.700. The number of aryl methyl sites for hydroxylation is 2. The zero-order valence-electron chi connectivity index (χ0n) is 8.83. The van der Waals surface area contributed by atoms with E-state index in [1.54, 1.807) is 0 Å². The van der Waals surface area contributed by atoms with Gasteiger partial charge < -0.3 is 4.98 Å². The van der Waals surface area contributed by atoms with Gasteiger partial charge in [0.25, 0.3) is 0 Å². The molecule has 0 spiro atoms. The molecular weight excluding hydrogens is 184 g/mol. The van der Waals surface area contributed by atoms with Gasteiger partial charge in [-0.05, 0) is 37.6 Å². The molecule has 0 aliphatic rings. The highest BCUT2D eigenvalue weighted by molar-refractivity contribution is 5.68. The molecular formula is C13H12N2. The number of hydrogen-bond donors (Lipinski definition) is 1. The van der Waals surface area contributed by atoms with E-state index in [1.165, 1.54) is 5.56 Å². The van der Waals surface area contributed by atoms with Crippen molar-refractivity contribution >= 4 is 0 Å². The second kappa shape index (κ2) is 3.62. The number of nitriles is 1. The SMILES string of the molecule is Cc1cc(-c2cccc(C#N)c2)c(C)[nH]1. The molecule has 1 aromatic carbocycles. The van der Waals surface area contributed by atoms with E-state index in [1.807, 2.05) is 38.1 Å². The summed E-state index contributed by atoms with van der Waals surface area (Å²) in [6.45, 7) is 4.08. The Morgan fingerprint density at radius 1 is 1.20 bits per heavy atom. The second-order valence-corrected chi connectivity index (χ2v) is 3.68. The fourth-order valence-electron chi connectivity index (χ4n) is 1.78. The summed E-state index contributed by atoms with van der Waals surface area (Å²) in [4.78, 5) is 3.26. The third-order valence-electron chi connectivity index (χ3n) is 2.45. The Labute approximate surface area is 89.2 Å². The molecule has 2 rings (SSSR count). The smallest absolute Gasteiger partial charge is 0.0991 e. The first-order chi connectivity index (χ1) is 7.20. The number of aromatic nitrogens is 1. The van der Waals surface area contributed by atoms with Crippen molar-refractivity contribution in [2.75, 3.05) is 0 Å². The maximum Gasteiger partial charge on any atom is 0.0991 e. The van der Waals surface area contributed by atoms with Crippen LogP contribution in [0.15, 0.2) is 30.3 Å². The normalized spacial score (nSPS) is 9.93. The van der Waals surface area contributed by atoms with Gasteiger partial charge in [-0.25, -0.2) is 0 Å². The van der Waals surface area contributed by atoms with Crippen LogP contribution in [0.1, 0.15) is 17.0 Å². The van der Waals surface area contributed by atoms with Crippen molar-refractivity contribution in [1.29, 1.82) is 5.26 Å². The number of aromatic amines is 1. The molecule has 0 amide bonds. The summed E-state index contributed by atoms with van der Waals surface area (Å²) in [7, 11) is 0. The lowest BCUT2D eigenvalue weighted by atomic mass is 10.0. The van der Waals surface area contributed by atoms with Gasteiger partial charge in [0.2, 0.25) is 0 Å². The highest BCUT2D eigenvalue weighted by Gasteiger charge is 2.04. The molecule has 0 saturated heterocycles. The molecule has 0 saturated carbocycles. The van der Waals surface area contributed by atoms with Crippen LogP contribution in [0, 0.1) is 25.2 Å². The van der Waals surface area contributed by atoms with Gasteiger partial charge in [-0.15, -0.1) is 0 Å². The van der Waals surface area contributed by atoms with Crippen molar-refractivity contribution < 1.29 is 0 Å². The summed E-state index contributed by atoms with van der Waals surface area (Å²) in [6.07, 6.45) is 0. The quantitative estimate of drug-likeness (QED) is 0.747. The maximum atomic E-state index is 8.83. The van der Waals surface area contributed by atoms with Crippen LogP contribution in [0.2, 0.25) is 0 Å². The fourth-order valence-corrected chi connectivity index (χ4v) is 1.78. The predicted octanol–water partition coefficient (Wildman–Crippen LogP) is 3.17. The van der Waals surface area contributed by atoms with Gasteiger partial charge in [0, 0.05) is 17.0 Å². The minimum Gasteiger partial charge on any atom is -0.362 e. The molecule has 15 heavy (non-hydrogen) atoms. The van der Waals surface area contributed by atoms with E-state index in [2.05, 4.69) is 17.1 Å². The van der Waals surface area contributed by atoms with Gasteiger partial charge in [0.1, 0.15) is 0 Å². The van der Waals surface area contributed by atoms with Crippen LogP contribution in [-0.4, -0.2) is 4.98 Å². The van der Waals surface area contributed by atoms with Crippen molar-refractivity contribution in [3.63, 3.8) is 0 Å². The van der Waals surface area contributed by atoms with Crippen molar-refractivity contribution in [2.24, 2.45) is 0 Å². The van der Waals surface area contributed by atoms with Crippen LogP contribution in [-0.2, 0) is 0 Å². The number of nitrogens with zero attached hydrogens (tertiary/aromatic N) is 1. The number of H-pyrrole nitrogens is 1. The molecule has 2 heteroatoms. The van der Waals surface area contributed by atoms with Gasteiger partial charge in [-0.3, -0.25) is 0 Å². The Bertz CT molecular complexity index is 530. The summed E-state index contributed by atoms with van der Waals surface area (Å²) < 4.78 is 0. The van der Waals surface area contributed by atoms with Gasteiger partial charge in [-0.2, -0.15) is 5.26 Å². The zero-order chi connectivity index (χ0) is 10.8. The maximum absolute atomic E-state index is 8.83. The highest BCUT2D eigenvalue weighted by atomic mass is 14.7. The highest BCUT2D eigenvalue weighted by Crippen LogP contribution is 2.24. The number of rotatable bonds is 1. The first kappa shape index (κ1) is 9.54. The number of benzene rings is 1.